The molecule has 0 N–H and O–H groups in total. The molecule has 0 amide bonds. The van der Waals surface area contributed by atoms with Crippen molar-refractivity contribution in [1.82, 2.24) is 4.90 Å². The fraction of sp³-hybridized carbons (Fsp3) is 0.929. The van der Waals surface area contributed by atoms with Crippen LogP contribution < -0.4 is 0 Å². The normalized spacial score (nSPS) is 21.4. The third kappa shape index (κ3) is 5.11. The molecule has 0 unspecified atom stereocenters. The monoisotopic (exact) mass is 225 g/mol. The Labute approximate surface area is 100 Å². The van der Waals surface area contributed by atoms with E-state index in [-0.39, 0.29) is 6.04 Å². The van der Waals surface area contributed by atoms with Gasteiger partial charge in [-0.05, 0) is 32.4 Å². The van der Waals surface area contributed by atoms with Gasteiger partial charge in [0.05, 0.1) is 6.04 Å². The molecular formula is C14H27NO. The van der Waals surface area contributed by atoms with E-state index in [1.807, 2.05) is 0 Å². The number of hydrogen-bond donors (Lipinski definition) is 0. The van der Waals surface area contributed by atoms with Crippen LogP contribution in [0, 0.1) is 0 Å². The van der Waals surface area contributed by atoms with Gasteiger partial charge in [0.25, 0.3) is 0 Å². The molecular weight excluding hydrogens is 198 g/mol. The van der Waals surface area contributed by atoms with Crippen LogP contribution in [0.4, 0.5) is 0 Å². The summed E-state index contributed by atoms with van der Waals surface area (Å²) in [5.41, 5.74) is 0. The second kappa shape index (κ2) is 8.74. The van der Waals surface area contributed by atoms with E-state index in [9.17, 15) is 4.79 Å². The predicted octanol–water partition coefficient (Wildman–Crippen LogP) is 3.40. The van der Waals surface area contributed by atoms with Gasteiger partial charge in [0.2, 0.25) is 0 Å². The van der Waals surface area contributed by atoms with Gasteiger partial charge in [0, 0.05) is 0 Å². The van der Waals surface area contributed by atoms with E-state index in [4.69, 9.17) is 0 Å². The number of rotatable bonds is 9. The number of nitrogens with zero attached hydrogens (tertiary/aromatic N) is 1. The van der Waals surface area contributed by atoms with E-state index in [1.165, 1.54) is 51.4 Å². The maximum Gasteiger partial charge on any atom is 0.137 e. The minimum Gasteiger partial charge on any atom is -0.302 e. The number of unbranched alkanes of at least 4 members (excludes halogenated alkanes) is 6. The predicted molar refractivity (Wildman–Crippen MR) is 68.7 cm³/mol. The molecule has 16 heavy (non-hydrogen) atoms. The summed E-state index contributed by atoms with van der Waals surface area (Å²) in [6.45, 7) is 4.53. The fourth-order valence-corrected chi connectivity index (χ4v) is 2.56. The lowest BCUT2D eigenvalue weighted by molar-refractivity contribution is -0.111. The number of hydrogen-bond acceptors (Lipinski definition) is 2. The first-order chi connectivity index (χ1) is 7.88. The highest BCUT2D eigenvalue weighted by Crippen LogP contribution is 2.16. The molecule has 0 spiro atoms. The Morgan fingerprint density at radius 3 is 2.50 bits per heavy atom. The van der Waals surface area contributed by atoms with Crippen LogP contribution >= 0.6 is 0 Å². The van der Waals surface area contributed by atoms with Crippen LogP contribution in [0.1, 0.15) is 64.7 Å². The number of carbonyl (C=O) groups is 1. The Balaban J connectivity index is 1.92. The van der Waals surface area contributed by atoms with Gasteiger partial charge in [0.1, 0.15) is 6.29 Å². The zero-order valence-corrected chi connectivity index (χ0v) is 10.8. The molecule has 1 fully saturated rings. The largest absolute Gasteiger partial charge is 0.302 e. The lowest BCUT2D eigenvalue weighted by atomic mass is 10.1. The number of aldehydes is 1. The lowest BCUT2D eigenvalue weighted by Crippen LogP contribution is -2.31. The molecule has 1 rings (SSSR count). The Morgan fingerprint density at radius 1 is 1.12 bits per heavy atom. The molecule has 0 aromatic heterocycles. The van der Waals surface area contributed by atoms with Gasteiger partial charge in [-0.3, -0.25) is 4.90 Å². The molecule has 1 heterocycles. The van der Waals surface area contributed by atoms with Crippen molar-refractivity contribution in [2.24, 2.45) is 0 Å². The molecule has 0 bridgehead atoms. The minimum absolute atomic E-state index is 0.236. The van der Waals surface area contributed by atoms with Gasteiger partial charge < -0.3 is 4.79 Å². The maximum atomic E-state index is 10.8. The molecule has 0 saturated carbocycles. The zero-order valence-electron chi connectivity index (χ0n) is 10.8. The van der Waals surface area contributed by atoms with Crippen molar-refractivity contribution >= 4 is 6.29 Å². The summed E-state index contributed by atoms with van der Waals surface area (Å²) in [4.78, 5) is 13.1. The van der Waals surface area contributed by atoms with Crippen molar-refractivity contribution in [2.45, 2.75) is 70.8 Å². The van der Waals surface area contributed by atoms with Gasteiger partial charge in [-0.25, -0.2) is 0 Å². The highest BCUT2D eigenvalue weighted by atomic mass is 16.1. The molecule has 1 aliphatic rings. The highest BCUT2D eigenvalue weighted by Gasteiger charge is 2.22. The van der Waals surface area contributed by atoms with E-state index in [1.54, 1.807) is 0 Å². The van der Waals surface area contributed by atoms with Crippen LogP contribution in [0.5, 0.6) is 0 Å². The van der Waals surface area contributed by atoms with Crippen molar-refractivity contribution in [1.29, 1.82) is 0 Å². The summed E-state index contributed by atoms with van der Waals surface area (Å²) in [5, 5.41) is 0. The first kappa shape index (κ1) is 13.7. The van der Waals surface area contributed by atoms with Gasteiger partial charge in [0.15, 0.2) is 0 Å². The number of likely N-dealkylation sites (tertiary alicyclic amines) is 1. The van der Waals surface area contributed by atoms with E-state index in [0.29, 0.717) is 0 Å². The second-order valence-electron chi connectivity index (χ2n) is 5.00. The van der Waals surface area contributed by atoms with Gasteiger partial charge >= 0.3 is 0 Å². The summed E-state index contributed by atoms with van der Waals surface area (Å²) in [6, 6.07) is 0.236. The molecule has 1 atom stereocenters. The van der Waals surface area contributed by atoms with Crippen LogP contribution in [0.3, 0.4) is 0 Å². The Kier molecular flexibility index (Phi) is 7.48. The van der Waals surface area contributed by atoms with Crippen LogP contribution in [0.15, 0.2) is 0 Å². The smallest absolute Gasteiger partial charge is 0.137 e. The van der Waals surface area contributed by atoms with Crippen LogP contribution in [-0.4, -0.2) is 30.3 Å². The Morgan fingerprint density at radius 2 is 1.81 bits per heavy atom. The standard InChI is InChI=1S/C14H27NO/c1-2-3-4-5-6-7-8-11-15-12-9-10-14(15)13-16/h13-14H,2-12H2,1H3/t14-/m0/s1. The van der Waals surface area contributed by atoms with E-state index in [2.05, 4.69) is 11.8 Å². The molecule has 0 aliphatic carbocycles. The van der Waals surface area contributed by atoms with Crippen molar-refractivity contribution in [3.63, 3.8) is 0 Å². The highest BCUT2D eigenvalue weighted by molar-refractivity contribution is 5.58. The van der Waals surface area contributed by atoms with Gasteiger partial charge in [-0.1, -0.05) is 45.4 Å². The van der Waals surface area contributed by atoms with Crippen LogP contribution in [0.25, 0.3) is 0 Å². The average Bonchev–Trinajstić information content (AvgIpc) is 2.75. The van der Waals surface area contributed by atoms with Crippen molar-refractivity contribution in [3.8, 4) is 0 Å². The summed E-state index contributed by atoms with van der Waals surface area (Å²) < 4.78 is 0. The third-order valence-electron chi connectivity index (χ3n) is 3.62. The molecule has 2 nitrogen and oxygen atoms in total. The number of carbonyl (C=O) groups excluding carboxylic acids is 1. The average molecular weight is 225 g/mol. The van der Waals surface area contributed by atoms with Crippen LogP contribution in [-0.2, 0) is 4.79 Å². The quantitative estimate of drug-likeness (QED) is 0.443. The topological polar surface area (TPSA) is 20.3 Å². The first-order valence-corrected chi connectivity index (χ1v) is 7.08. The molecule has 94 valence electrons. The lowest BCUT2D eigenvalue weighted by Gasteiger charge is -2.19. The molecule has 0 aromatic carbocycles. The molecule has 0 aromatic rings. The summed E-state index contributed by atoms with van der Waals surface area (Å²) >= 11 is 0. The molecule has 0 radical (unpaired) electrons. The minimum atomic E-state index is 0.236. The summed E-state index contributed by atoms with van der Waals surface area (Å²) in [7, 11) is 0. The second-order valence-corrected chi connectivity index (χ2v) is 5.00. The van der Waals surface area contributed by atoms with E-state index in [0.717, 1.165) is 25.8 Å². The molecule has 1 saturated heterocycles. The Hall–Kier alpha value is -0.370. The molecule has 1 aliphatic heterocycles. The van der Waals surface area contributed by atoms with Crippen molar-refractivity contribution in [2.75, 3.05) is 13.1 Å². The molecule has 2 heteroatoms. The van der Waals surface area contributed by atoms with Crippen molar-refractivity contribution < 1.29 is 4.79 Å². The van der Waals surface area contributed by atoms with E-state index >= 15 is 0 Å². The summed E-state index contributed by atoms with van der Waals surface area (Å²) in [5.74, 6) is 0. The maximum absolute atomic E-state index is 10.8. The van der Waals surface area contributed by atoms with E-state index < -0.39 is 0 Å². The Bertz CT molecular complexity index is 182. The first-order valence-electron chi connectivity index (χ1n) is 7.08. The zero-order chi connectivity index (χ0) is 11.6. The third-order valence-corrected chi connectivity index (χ3v) is 3.62. The SMILES string of the molecule is CCCCCCCCCN1CCC[C@H]1C=O. The van der Waals surface area contributed by atoms with Gasteiger partial charge in [-0.15, -0.1) is 0 Å². The summed E-state index contributed by atoms with van der Waals surface area (Å²) in [6.07, 6.45) is 12.9. The van der Waals surface area contributed by atoms with Crippen molar-refractivity contribution in [3.05, 3.63) is 0 Å². The van der Waals surface area contributed by atoms with Crippen LogP contribution in [0.2, 0.25) is 0 Å². The van der Waals surface area contributed by atoms with Gasteiger partial charge in [-0.2, -0.15) is 0 Å². The fourth-order valence-electron chi connectivity index (χ4n) is 2.56.